The summed E-state index contributed by atoms with van der Waals surface area (Å²) in [5.74, 6) is -0.966. The van der Waals surface area contributed by atoms with Gasteiger partial charge in [0.25, 0.3) is 0 Å². The fourth-order valence-corrected chi connectivity index (χ4v) is 2.08. The highest BCUT2D eigenvalue weighted by Gasteiger charge is 2.28. The molecule has 0 aromatic rings. The summed E-state index contributed by atoms with van der Waals surface area (Å²) in [4.78, 5) is 22.4. The van der Waals surface area contributed by atoms with Crippen molar-refractivity contribution in [3.63, 3.8) is 0 Å². The third-order valence-electron chi connectivity index (χ3n) is 3.67. The number of nitrogens with zero attached hydrogens (tertiary/aromatic N) is 1. The van der Waals surface area contributed by atoms with Crippen LogP contribution in [0.15, 0.2) is 24.8 Å². The fourth-order valence-electron chi connectivity index (χ4n) is 2.08. The average Bonchev–Trinajstić information content (AvgIpc) is 2.51. The van der Waals surface area contributed by atoms with Gasteiger partial charge in [-0.05, 0) is 20.8 Å². The Morgan fingerprint density at radius 3 is 2.32 bits per heavy atom. The molecular weight excluding hydrogens is 286 g/mol. The first-order valence-electron chi connectivity index (χ1n) is 7.45. The van der Waals surface area contributed by atoms with Gasteiger partial charge in [-0.15, -0.1) is 0 Å². The minimum absolute atomic E-state index is 0.0730. The molecule has 0 bridgehead atoms. The number of ether oxygens (including phenoxy) is 2. The van der Waals surface area contributed by atoms with Crippen LogP contribution >= 0.6 is 0 Å². The SMILES string of the molecule is C=CC(=O)OCC(O)C[N+](CC)(CC)CCOC(=O)C(=C)C. The van der Waals surface area contributed by atoms with Crippen LogP contribution in [-0.4, -0.2) is 67.0 Å². The van der Waals surface area contributed by atoms with E-state index in [4.69, 9.17) is 9.47 Å². The van der Waals surface area contributed by atoms with Crippen LogP contribution in [0.3, 0.4) is 0 Å². The van der Waals surface area contributed by atoms with Gasteiger partial charge in [-0.2, -0.15) is 0 Å². The van der Waals surface area contributed by atoms with Crippen LogP contribution in [0, 0.1) is 0 Å². The Balaban J connectivity index is 4.47. The number of esters is 2. The summed E-state index contributed by atoms with van der Waals surface area (Å²) < 4.78 is 10.5. The van der Waals surface area contributed by atoms with E-state index in [0.29, 0.717) is 23.1 Å². The van der Waals surface area contributed by atoms with E-state index < -0.39 is 18.0 Å². The Kier molecular flexibility index (Phi) is 9.37. The molecule has 0 aromatic carbocycles. The zero-order chi connectivity index (χ0) is 17.2. The van der Waals surface area contributed by atoms with E-state index in [1.54, 1.807) is 6.92 Å². The molecule has 126 valence electrons. The molecule has 6 nitrogen and oxygen atoms in total. The molecule has 0 aromatic heterocycles. The Bertz CT molecular complexity index is 401. The van der Waals surface area contributed by atoms with Crippen molar-refractivity contribution in [3.8, 4) is 0 Å². The van der Waals surface area contributed by atoms with Gasteiger partial charge in [0.05, 0.1) is 13.1 Å². The fraction of sp³-hybridized carbons (Fsp3) is 0.625. The third-order valence-corrected chi connectivity index (χ3v) is 3.67. The van der Waals surface area contributed by atoms with E-state index in [0.717, 1.165) is 19.2 Å². The number of aliphatic hydroxyl groups excluding tert-OH is 1. The van der Waals surface area contributed by atoms with Gasteiger partial charge in [-0.3, -0.25) is 0 Å². The Morgan fingerprint density at radius 1 is 1.27 bits per heavy atom. The average molecular weight is 314 g/mol. The second-order valence-corrected chi connectivity index (χ2v) is 5.28. The van der Waals surface area contributed by atoms with Crippen molar-refractivity contribution in [1.82, 2.24) is 0 Å². The Morgan fingerprint density at radius 2 is 1.86 bits per heavy atom. The lowest BCUT2D eigenvalue weighted by Crippen LogP contribution is -2.54. The number of quaternary nitrogens is 1. The predicted molar refractivity (Wildman–Crippen MR) is 84.0 cm³/mol. The van der Waals surface area contributed by atoms with Crippen LogP contribution in [-0.2, 0) is 19.1 Å². The molecule has 0 rings (SSSR count). The van der Waals surface area contributed by atoms with Gasteiger partial charge in [0.2, 0.25) is 0 Å². The van der Waals surface area contributed by atoms with Crippen LogP contribution in [0.25, 0.3) is 0 Å². The number of likely N-dealkylation sites (N-methyl/N-ethyl adjacent to an activating group) is 1. The molecule has 0 radical (unpaired) electrons. The van der Waals surface area contributed by atoms with E-state index in [-0.39, 0.29) is 13.2 Å². The Labute approximate surface area is 132 Å². The highest BCUT2D eigenvalue weighted by molar-refractivity contribution is 5.86. The molecule has 22 heavy (non-hydrogen) atoms. The van der Waals surface area contributed by atoms with Gasteiger partial charge in [-0.25, -0.2) is 9.59 Å². The standard InChI is InChI=1S/C16H28NO5/c1-6-15(19)22-12-14(18)11-17(7-2,8-3)9-10-21-16(20)13(4)5/h6,14,18H,1,4,7-12H2,2-3,5H3/q+1. The molecule has 0 saturated heterocycles. The second kappa shape index (κ2) is 10.1. The lowest BCUT2D eigenvalue weighted by molar-refractivity contribution is -0.927. The summed E-state index contributed by atoms with van der Waals surface area (Å²) in [7, 11) is 0. The summed E-state index contributed by atoms with van der Waals surface area (Å²) in [5, 5.41) is 10.0. The molecular formula is C16H28NO5+. The monoisotopic (exact) mass is 314 g/mol. The molecule has 0 spiro atoms. The highest BCUT2D eigenvalue weighted by Crippen LogP contribution is 2.09. The van der Waals surface area contributed by atoms with Crippen LogP contribution in [0.5, 0.6) is 0 Å². The normalized spacial score (nSPS) is 12.4. The molecule has 0 fully saturated rings. The number of carbonyl (C=O) groups excluding carboxylic acids is 2. The summed E-state index contributed by atoms with van der Waals surface area (Å²) in [5.41, 5.74) is 0.363. The Hall–Kier alpha value is -1.66. The van der Waals surface area contributed by atoms with Gasteiger partial charge in [0.15, 0.2) is 0 Å². The van der Waals surface area contributed by atoms with E-state index in [1.807, 2.05) is 13.8 Å². The van der Waals surface area contributed by atoms with Crippen LogP contribution in [0.2, 0.25) is 0 Å². The first-order chi connectivity index (χ1) is 10.3. The van der Waals surface area contributed by atoms with E-state index >= 15 is 0 Å². The van der Waals surface area contributed by atoms with Crippen LogP contribution in [0.4, 0.5) is 0 Å². The molecule has 0 saturated carbocycles. The van der Waals surface area contributed by atoms with Gasteiger partial charge in [-0.1, -0.05) is 13.2 Å². The lowest BCUT2D eigenvalue weighted by atomic mass is 10.2. The van der Waals surface area contributed by atoms with Crippen molar-refractivity contribution in [2.75, 3.05) is 39.4 Å². The summed E-state index contributed by atoms with van der Waals surface area (Å²) in [6.45, 7) is 15.2. The molecule has 0 heterocycles. The van der Waals surface area contributed by atoms with Crippen LogP contribution < -0.4 is 0 Å². The van der Waals surface area contributed by atoms with Gasteiger partial charge >= 0.3 is 11.9 Å². The van der Waals surface area contributed by atoms with Crippen molar-refractivity contribution in [3.05, 3.63) is 24.8 Å². The maximum absolute atomic E-state index is 11.4. The van der Waals surface area contributed by atoms with Crippen LogP contribution in [0.1, 0.15) is 20.8 Å². The van der Waals surface area contributed by atoms with Crippen molar-refractivity contribution < 1.29 is 28.7 Å². The maximum Gasteiger partial charge on any atom is 0.333 e. The van der Waals surface area contributed by atoms with Crippen molar-refractivity contribution in [1.29, 1.82) is 0 Å². The summed E-state index contributed by atoms with van der Waals surface area (Å²) in [6, 6.07) is 0. The molecule has 0 aliphatic heterocycles. The van der Waals surface area contributed by atoms with Crippen molar-refractivity contribution in [2.45, 2.75) is 26.9 Å². The highest BCUT2D eigenvalue weighted by atomic mass is 16.5. The van der Waals surface area contributed by atoms with E-state index in [2.05, 4.69) is 13.2 Å². The smallest absolute Gasteiger partial charge is 0.333 e. The number of aliphatic hydroxyl groups is 1. The molecule has 0 amide bonds. The topological polar surface area (TPSA) is 72.8 Å². The quantitative estimate of drug-likeness (QED) is 0.351. The number of hydrogen-bond acceptors (Lipinski definition) is 5. The van der Waals surface area contributed by atoms with Crippen molar-refractivity contribution >= 4 is 11.9 Å². The first-order valence-corrected chi connectivity index (χ1v) is 7.45. The molecule has 1 unspecified atom stereocenters. The molecule has 1 atom stereocenters. The van der Waals surface area contributed by atoms with E-state index in [9.17, 15) is 14.7 Å². The molecule has 1 N–H and O–H groups in total. The predicted octanol–water partition coefficient (Wildman–Crippen LogP) is 1.05. The van der Waals surface area contributed by atoms with Gasteiger partial charge in [0, 0.05) is 11.6 Å². The molecule has 0 aliphatic carbocycles. The zero-order valence-electron chi connectivity index (χ0n) is 13.8. The lowest BCUT2D eigenvalue weighted by Gasteiger charge is -2.38. The largest absolute Gasteiger partial charge is 0.460 e. The first kappa shape index (κ1) is 20.3. The van der Waals surface area contributed by atoms with Gasteiger partial charge < -0.3 is 19.1 Å². The van der Waals surface area contributed by atoms with E-state index in [1.165, 1.54) is 0 Å². The summed E-state index contributed by atoms with van der Waals surface area (Å²) >= 11 is 0. The molecule has 0 aliphatic rings. The number of hydrogen-bond donors (Lipinski definition) is 1. The second-order valence-electron chi connectivity index (χ2n) is 5.28. The minimum atomic E-state index is -0.777. The maximum atomic E-state index is 11.4. The number of carbonyl (C=O) groups is 2. The van der Waals surface area contributed by atoms with Gasteiger partial charge in [0.1, 0.15) is 32.4 Å². The minimum Gasteiger partial charge on any atom is -0.460 e. The van der Waals surface area contributed by atoms with Crippen molar-refractivity contribution in [2.24, 2.45) is 0 Å². The zero-order valence-corrected chi connectivity index (χ0v) is 13.8. The molecule has 6 heteroatoms. The number of rotatable bonds is 11. The summed E-state index contributed by atoms with van der Waals surface area (Å²) in [6.07, 6.45) is 0.284. The third kappa shape index (κ3) is 7.38.